The van der Waals surface area contributed by atoms with Gasteiger partial charge in [-0.25, -0.2) is 0 Å². The maximum absolute atomic E-state index is 10.9. The van der Waals surface area contributed by atoms with Gasteiger partial charge in [0.15, 0.2) is 0 Å². The van der Waals surface area contributed by atoms with E-state index in [0.717, 1.165) is 44.4 Å². The number of rotatable bonds is 1. The first-order valence-corrected chi connectivity index (χ1v) is 6.53. The molecule has 17 heavy (non-hydrogen) atoms. The Morgan fingerprint density at radius 3 is 3.24 bits per heavy atom. The molecule has 2 unspecified atom stereocenters. The summed E-state index contributed by atoms with van der Waals surface area (Å²) in [5.74, 6) is 0.209. The third-order valence-corrected chi connectivity index (χ3v) is 4.18. The Morgan fingerprint density at radius 2 is 2.29 bits per heavy atom. The predicted octanol–water partition coefficient (Wildman–Crippen LogP) is 2.04. The summed E-state index contributed by atoms with van der Waals surface area (Å²) < 4.78 is 5.46. The predicted molar refractivity (Wildman–Crippen MR) is 64.9 cm³/mol. The molecule has 1 aliphatic heterocycles. The van der Waals surface area contributed by atoms with Gasteiger partial charge in [0, 0.05) is 37.4 Å². The molecule has 2 atom stereocenters. The summed E-state index contributed by atoms with van der Waals surface area (Å²) in [6, 6.07) is 4.13. The van der Waals surface area contributed by atoms with E-state index < -0.39 is 5.60 Å². The van der Waals surface area contributed by atoms with E-state index in [-0.39, 0.29) is 5.92 Å². The molecule has 0 bridgehead atoms. The highest BCUT2D eigenvalue weighted by atomic mass is 16.5. The van der Waals surface area contributed by atoms with Crippen LogP contribution in [0.15, 0.2) is 18.3 Å². The van der Waals surface area contributed by atoms with Crippen LogP contribution in [0.3, 0.4) is 0 Å². The SMILES string of the molecule is OC1(C2CCc3cccnc32)CCCOCC1. The second-order valence-corrected chi connectivity index (χ2v) is 5.21. The van der Waals surface area contributed by atoms with Gasteiger partial charge in [0.1, 0.15) is 0 Å². The summed E-state index contributed by atoms with van der Waals surface area (Å²) in [5.41, 5.74) is 1.84. The Balaban J connectivity index is 1.89. The van der Waals surface area contributed by atoms with E-state index >= 15 is 0 Å². The molecule has 92 valence electrons. The summed E-state index contributed by atoms with van der Waals surface area (Å²) in [5, 5.41) is 10.9. The molecule has 2 aliphatic rings. The van der Waals surface area contributed by atoms with Gasteiger partial charge in [0.2, 0.25) is 0 Å². The number of ether oxygens (including phenoxy) is 1. The van der Waals surface area contributed by atoms with Crippen molar-refractivity contribution in [2.75, 3.05) is 13.2 Å². The van der Waals surface area contributed by atoms with Crippen LogP contribution in [0.4, 0.5) is 0 Å². The van der Waals surface area contributed by atoms with Gasteiger partial charge in [-0.3, -0.25) is 4.98 Å². The van der Waals surface area contributed by atoms with E-state index in [1.165, 1.54) is 5.56 Å². The number of nitrogens with zero attached hydrogens (tertiary/aromatic N) is 1. The van der Waals surface area contributed by atoms with Crippen LogP contribution in [0, 0.1) is 0 Å². The molecule has 1 fully saturated rings. The molecule has 0 amide bonds. The first-order chi connectivity index (χ1) is 8.30. The summed E-state index contributed by atoms with van der Waals surface area (Å²) >= 11 is 0. The van der Waals surface area contributed by atoms with Crippen molar-refractivity contribution in [1.29, 1.82) is 0 Å². The van der Waals surface area contributed by atoms with E-state index in [4.69, 9.17) is 4.74 Å². The molecular weight excluding hydrogens is 214 g/mol. The van der Waals surface area contributed by atoms with Crippen molar-refractivity contribution >= 4 is 0 Å². The van der Waals surface area contributed by atoms with E-state index in [9.17, 15) is 5.11 Å². The molecular formula is C14H19NO2. The van der Waals surface area contributed by atoms with Gasteiger partial charge in [-0.1, -0.05) is 6.07 Å². The molecule has 3 rings (SSSR count). The third kappa shape index (κ3) is 1.98. The minimum Gasteiger partial charge on any atom is -0.389 e. The summed E-state index contributed by atoms with van der Waals surface area (Å²) in [4.78, 5) is 4.49. The number of fused-ring (bicyclic) bond motifs is 1. The Labute approximate surface area is 102 Å². The smallest absolute Gasteiger partial charge is 0.0754 e. The molecule has 1 aromatic heterocycles. The first-order valence-electron chi connectivity index (χ1n) is 6.53. The average molecular weight is 233 g/mol. The van der Waals surface area contributed by atoms with Crippen molar-refractivity contribution in [3.05, 3.63) is 29.6 Å². The molecule has 1 N–H and O–H groups in total. The van der Waals surface area contributed by atoms with Crippen molar-refractivity contribution < 1.29 is 9.84 Å². The van der Waals surface area contributed by atoms with Crippen molar-refractivity contribution in [2.45, 2.75) is 43.6 Å². The second-order valence-electron chi connectivity index (χ2n) is 5.21. The minimum atomic E-state index is -0.601. The number of hydrogen-bond acceptors (Lipinski definition) is 3. The zero-order valence-corrected chi connectivity index (χ0v) is 10.1. The molecule has 0 aromatic carbocycles. The standard InChI is InChI=1S/C14H19NO2/c16-14(6-2-9-17-10-7-14)12-5-4-11-3-1-8-15-13(11)12/h1,3,8,12,16H,2,4-7,9-10H2. The van der Waals surface area contributed by atoms with Gasteiger partial charge in [-0.2, -0.15) is 0 Å². The quantitative estimate of drug-likeness (QED) is 0.807. The lowest BCUT2D eigenvalue weighted by molar-refractivity contribution is -0.00800. The summed E-state index contributed by atoms with van der Waals surface area (Å²) in [6.07, 6.45) is 6.46. The van der Waals surface area contributed by atoms with Crippen LogP contribution in [0.1, 0.15) is 42.9 Å². The normalized spacial score (nSPS) is 33.1. The maximum Gasteiger partial charge on any atom is 0.0754 e. The molecule has 0 spiro atoms. The number of aryl methyl sites for hydroxylation is 1. The molecule has 0 radical (unpaired) electrons. The van der Waals surface area contributed by atoms with Crippen LogP contribution in [-0.4, -0.2) is 28.9 Å². The average Bonchev–Trinajstić information content (AvgIpc) is 2.67. The topological polar surface area (TPSA) is 42.4 Å². The van der Waals surface area contributed by atoms with Crippen molar-refractivity contribution in [2.24, 2.45) is 0 Å². The molecule has 3 nitrogen and oxygen atoms in total. The van der Waals surface area contributed by atoms with E-state index in [1.807, 2.05) is 12.3 Å². The highest BCUT2D eigenvalue weighted by molar-refractivity contribution is 5.31. The monoisotopic (exact) mass is 233 g/mol. The second kappa shape index (κ2) is 4.39. The maximum atomic E-state index is 10.9. The number of aliphatic hydroxyl groups is 1. The van der Waals surface area contributed by atoms with Gasteiger partial charge in [-0.15, -0.1) is 0 Å². The Hall–Kier alpha value is -0.930. The molecule has 1 aliphatic carbocycles. The van der Waals surface area contributed by atoms with Crippen LogP contribution in [0.2, 0.25) is 0 Å². The number of hydrogen-bond donors (Lipinski definition) is 1. The van der Waals surface area contributed by atoms with Crippen LogP contribution in [0.5, 0.6) is 0 Å². The summed E-state index contributed by atoms with van der Waals surface area (Å²) in [7, 11) is 0. The lowest BCUT2D eigenvalue weighted by Gasteiger charge is -2.32. The fourth-order valence-corrected chi connectivity index (χ4v) is 3.24. The van der Waals surface area contributed by atoms with Gasteiger partial charge >= 0.3 is 0 Å². The summed E-state index contributed by atoms with van der Waals surface area (Å²) in [6.45, 7) is 1.46. The van der Waals surface area contributed by atoms with Crippen molar-refractivity contribution in [3.63, 3.8) is 0 Å². The Kier molecular flexibility index (Phi) is 2.89. The van der Waals surface area contributed by atoms with Gasteiger partial charge < -0.3 is 9.84 Å². The number of pyridine rings is 1. The van der Waals surface area contributed by atoms with Crippen LogP contribution in [0.25, 0.3) is 0 Å². The highest BCUT2D eigenvalue weighted by Crippen LogP contribution is 2.43. The van der Waals surface area contributed by atoms with E-state index in [2.05, 4.69) is 11.1 Å². The lowest BCUT2D eigenvalue weighted by atomic mass is 9.80. The van der Waals surface area contributed by atoms with Crippen molar-refractivity contribution in [1.82, 2.24) is 4.98 Å². The highest BCUT2D eigenvalue weighted by Gasteiger charge is 2.42. The van der Waals surface area contributed by atoms with Crippen LogP contribution < -0.4 is 0 Å². The fourth-order valence-electron chi connectivity index (χ4n) is 3.24. The zero-order chi connectivity index (χ0) is 11.7. The largest absolute Gasteiger partial charge is 0.389 e. The Morgan fingerprint density at radius 1 is 1.35 bits per heavy atom. The van der Waals surface area contributed by atoms with E-state index in [1.54, 1.807) is 0 Å². The minimum absolute atomic E-state index is 0.209. The van der Waals surface area contributed by atoms with Gasteiger partial charge in [0.25, 0.3) is 0 Å². The lowest BCUT2D eigenvalue weighted by Crippen LogP contribution is -2.36. The molecule has 2 heterocycles. The third-order valence-electron chi connectivity index (χ3n) is 4.18. The van der Waals surface area contributed by atoms with Crippen LogP contribution >= 0.6 is 0 Å². The molecule has 3 heteroatoms. The zero-order valence-electron chi connectivity index (χ0n) is 10.1. The molecule has 1 saturated heterocycles. The van der Waals surface area contributed by atoms with E-state index in [0.29, 0.717) is 6.61 Å². The number of aromatic nitrogens is 1. The Bertz CT molecular complexity index is 397. The van der Waals surface area contributed by atoms with Gasteiger partial charge in [-0.05, 0) is 37.3 Å². The van der Waals surface area contributed by atoms with Crippen molar-refractivity contribution in [3.8, 4) is 0 Å². The van der Waals surface area contributed by atoms with Crippen LogP contribution in [-0.2, 0) is 11.2 Å². The first kappa shape index (κ1) is 11.2. The fraction of sp³-hybridized carbons (Fsp3) is 0.643. The molecule has 1 aromatic rings. The molecule has 0 saturated carbocycles. The van der Waals surface area contributed by atoms with Gasteiger partial charge in [0.05, 0.1) is 5.60 Å².